The van der Waals surface area contributed by atoms with Gasteiger partial charge in [0.15, 0.2) is 0 Å². The van der Waals surface area contributed by atoms with Crippen LogP contribution in [0.15, 0.2) is 10.3 Å². The predicted molar refractivity (Wildman–Crippen MR) is 80.4 cm³/mol. The summed E-state index contributed by atoms with van der Waals surface area (Å²) in [5.41, 5.74) is -0.827. The molecule has 1 atom stereocenters. The van der Waals surface area contributed by atoms with Gasteiger partial charge < -0.3 is 15.1 Å². The number of aromatic carboxylic acids is 1. The molecule has 9 heteroatoms. The Bertz CT molecular complexity index is 620. The van der Waals surface area contributed by atoms with E-state index in [1.165, 1.54) is 13.0 Å². The van der Waals surface area contributed by atoms with Gasteiger partial charge in [-0.1, -0.05) is 0 Å². The van der Waals surface area contributed by atoms with E-state index in [0.29, 0.717) is 23.4 Å². The molecule has 0 saturated carbocycles. The van der Waals surface area contributed by atoms with Crippen molar-refractivity contribution in [1.29, 1.82) is 0 Å². The highest BCUT2D eigenvalue weighted by atomic mass is 32.2. The average molecular weight is 336 g/mol. The monoisotopic (exact) mass is 336 g/mol. The van der Waals surface area contributed by atoms with Crippen LogP contribution in [0.25, 0.3) is 0 Å². The smallest absolute Gasteiger partial charge is 0.346 e. The lowest BCUT2D eigenvalue weighted by molar-refractivity contribution is 0.0386. The Morgan fingerprint density at radius 1 is 1.48 bits per heavy atom. The van der Waals surface area contributed by atoms with Crippen LogP contribution in [-0.4, -0.2) is 62.3 Å². The predicted octanol–water partition coefficient (Wildman–Crippen LogP) is 0.346. The minimum Gasteiger partial charge on any atom is -0.477 e. The summed E-state index contributed by atoms with van der Waals surface area (Å²) in [4.78, 5) is 12.7. The third kappa shape index (κ3) is 5.04. The van der Waals surface area contributed by atoms with E-state index in [-0.39, 0.29) is 15.6 Å². The Balaban J connectivity index is 2.88. The molecule has 0 aliphatic rings. The Morgan fingerprint density at radius 3 is 2.48 bits per heavy atom. The van der Waals surface area contributed by atoms with Gasteiger partial charge in [-0.3, -0.25) is 0 Å². The summed E-state index contributed by atoms with van der Waals surface area (Å²) in [7, 11) is -0.301. The standard InChI is InChI=1S/C12H20N2O5S2/c1-8-5-9(20-10(8)11(15)16)21(18,19)13-6-12(2,17)7-14(3)4/h5,13,17H,6-7H2,1-4H3,(H,15,16). The molecule has 0 aliphatic heterocycles. The summed E-state index contributed by atoms with van der Waals surface area (Å²) in [5.74, 6) is -1.15. The maximum Gasteiger partial charge on any atom is 0.346 e. The summed E-state index contributed by atoms with van der Waals surface area (Å²) < 4.78 is 26.5. The number of likely N-dealkylation sites (N-methyl/N-ethyl adjacent to an activating group) is 1. The van der Waals surface area contributed by atoms with E-state index < -0.39 is 21.6 Å². The molecule has 0 fully saturated rings. The number of carboxylic acids is 1. The lowest BCUT2D eigenvalue weighted by Gasteiger charge is -2.26. The van der Waals surface area contributed by atoms with Crippen LogP contribution in [0.3, 0.4) is 0 Å². The first-order chi connectivity index (χ1) is 9.44. The topological polar surface area (TPSA) is 107 Å². The fourth-order valence-electron chi connectivity index (χ4n) is 1.86. The maximum absolute atomic E-state index is 12.1. The number of thiophene rings is 1. The summed E-state index contributed by atoms with van der Waals surface area (Å²) >= 11 is 0.697. The van der Waals surface area contributed by atoms with Crippen LogP contribution in [0.4, 0.5) is 0 Å². The maximum atomic E-state index is 12.1. The molecule has 0 aliphatic carbocycles. The zero-order valence-corrected chi connectivity index (χ0v) is 14.0. The van der Waals surface area contributed by atoms with E-state index in [2.05, 4.69) is 4.72 Å². The number of hydrogen-bond donors (Lipinski definition) is 3. The second kappa shape index (κ2) is 6.41. The SMILES string of the molecule is Cc1cc(S(=O)(=O)NCC(C)(O)CN(C)C)sc1C(=O)O. The van der Waals surface area contributed by atoms with Gasteiger partial charge in [-0.25, -0.2) is 17.9 Å². The van der Waals surface area contributed by atoms with Crippen LogP contribution in [-0.2, 0) is 10.0 Å². The average Bonchev–Trinajstić information content (AvgIpc) is 2.68. The van der Waals surface area contributed by atoms with Gasteiger partial charge in [0.05, 0.1) is 5.60 Å². The molecule has 1 unspecified atom stereocenters. The fourth-order valence-corrected chi connectivity index (χ4v) is 4.44. The molecule has 0 amide bonds. The van der Waals surface area contributed by atoms with Gasteiger partial charge >= 0.3 is 5.97 Å². The molecule has 0 spiro atoms. The molecule has 0 bridgehead atoms. The molecule has 3 N–H and O–H groups in total. The van der Waals surface area contributed by atoms with Crippen LogP contribution in [0.2, 0.25) is 0 Å². The molecule has 0 aromatic carbocycles. The van der Waals surface area contributed by atoms with E-state index in [9.17, 15) is 18.3 Å². The number of aliphatic hydroxyl groups is 1. The molecular weight excluding hydrogens is 316 g/mol. The molecule has 1 heterocycles. The molecule has 1 aromatic rings. The van der Waals surface area contributed by atoms with Crippen molar-refractivity contribution in [3.8, 4) is 0 Å². The molecule has 0 radical (unpaired) electrons. The van der Waals surface area contributed by atoms with Gasteiger partial charge in [0.25, 0.3) is 0 Å². The van der Waals surface area contributed by atoms with Crippen molar-refractivity contribution in [1.82, 2.24) is 9.62 Å². The Hall–Kier alpha value is -1.00. The third-order valence-electron chi connectivity index (χ3n) is 2.65. The number of rotatable bonds is 7. The van der Waals surface area contributed by atoms with E-state index in [4.69, 9.17) is 5.11 Å². The van der Waals surface area contributed by atoms with Crippen LogP contribution in [0.5, 0.6) is 0 Å². The third-order valence-corrected chi connectivity index (χ3v) is 5.75. The number of carboxylic acid groups (broad SMARTS) is 1. The highest BCUT2D eigenvalue weighted by molar-refractivity contribution is 7.91. The second-order valence-electron chi connectivity index (χ2n) is 5.44. The van der Waals surface area contributed by atoms with Crippen LogP contribution in [0, 0.1) is 6.92 Å². The van der Waals surface area contributed by atoms with Crippen molar-refractivity contribution in [2.24, 2.45) is 0 Å². The molecule has 7 nitrogen and oxygen atoms in total. The quantitative estimate of drug-likeness (QED) is 0.663. The van der Waals surface area contributed by atoms with Gasteiger partial charge in [0.1, 0.15) is 9.09 Å². The number of aryl methyl sites for hydroxylation is 1. The van der Waals surface area contributed by atoms with Gasteiger partial charge in [0, 0.05) is 13.1 Å². The van der Waals surface area contributed by atoms with E-state index in [1.54, 1.807) is 25.9 Å². The van der Waals surface area contributed by atoms with Crippen LogP contribution in [0.1, 0.15) is 22.2 Å². The Labute approximate surface area is 128 Å². The molecule has 120 valence electrons. The number of nitrogens with one attached hydrogen (secondary N) is 1. The molecule has 1 rings (SSSR count). The summed E-state index contributed by atoms with van der Waals surface area (Å²) in [5, 5.41) is 19.0. The molecule has 1 aromatic heterocycles. The normalized spacial score (nSPS) is 15.1. The zero-order valence-electron chi connectivity index (χ0n) is 12.4. The lowest BCUT2D eigenvalue weighted by atomic mass is 10.1. The van der Waals surface area contributed by atoms with Crippen molar-refractivity contribution < 1.29 is 23.4 Å². The van der Waals surface area contributed by atoms with Crippen molar-refractivity contribution in [3.05, 3.63) is 16.5 Å². The van der Waals surface area contributed by atoms with E-state index in [1.807, 2.05) is 0 Å². The van der Waals surface area contributed by atoms with Crippen molar-refractivity contribution in [3.63, 3.8) is 0 Å². The van der Waals surface area contributed by atoms with E-state index in [0.717, 1.165) is 0 Å². The highest BCUT2D eigenvalue weighted by Gasteiger charge is 2.27. The van der Waals surface area contributed by atoms with Gasteiger partial charge in [-0.15, -0.1) is 11.3 Å². The largest absolute Gasteiger partial charge is 0.477 e. The van der Waals surface area contributed by atoms with Crippen molar-refractivity contribution in [2.45, 2.75) is 23.7 Å². The first-order valence-corrected chi connectivity index (χ1v) is 8.45. The van der Waals surface area contributed by atoms with Gasteiger partial charge in [-0.2, -0.15) is 0 Å². The number of nitrogens with zero attached hydrogens (tertiary/aromatic N) is 1. The minimum atomic E-state index is -3.84. The van der Waals surface area contributed by atoms with Crippen LogP contribution < -0.4 is 4.72 Å². The summed E-state index contributed by atoms with van der Waals surface area (Å²) in [6, 6.07) is 1.32. The highest BCUT2D eigenvalue weighted by Crippen LogP contribution is 2.26. The van der Waals surface area contributed by atoms with Gasteiger partial charge in [-0.05, 0) is 39.6 Å². The number of sulfonamides is 1. The molecule has 21 heavy (non-hydrogen) atoms. The second-order valence-corrected chi connectivity index (χ2v) is 8.49. The first kappa shape index (κ1) is 18.1. The Kier molecular flexibility index (Phi) is 5.51. The molecule has 0 saturated heterocycles. The first-order valence-electron chi connectivity index (χ1n) is 6.15. The number of hydrogen-bond acceptors (Lipinski definition) is 6. The summed E-state index contributed by atoms with van der Waals surface area (Å²) in [6.07, 6.45) is 0. The Morgan fingerprint density at radius 2 is 2.05 bits per heavy atom. The van der Waals surface area contributed by atoms with Crippen molar-refractivity contribution in [2.75, 3.05) is 27.2 Å². The van der Waals surface area contributed by atoms with E-state index >= 15 is 0 Å². The van der Waals surface area contributed by atoms with Gasteiger partial charge in [0.2, 0.25) is 10.0 Å². The lowest BCUT2D eigenvalue weighted by Crippen LogP contribution is -2.46. The van der Waals surface area contributed by atoms with Crippen molar-refractivity contribution >= 4 is 27.3 Å². The van der Waals surface area contributed by atoms with Crippen LogP contribution >= 0.6 is 11.3 Å². The zero-order chi connectivity index (χ0) is 16.4. The number of carbonyl (C=O) groups is 1. The summed E-state index contributed by atoms with van der Waals surface area (Å²) in [6.45, 7) is 3.20. The minimum absolute atomic E-state index is 0.00423. The fraction of sp³-hybridized carbons (Fsp3) is 0.583. The molecular formula is C12H20N2O5S2.